The molecule has 0 bridgehead atoms. The lowest BCUT2D eigenvalue weighted by Gasteiger charge is -2.22. The summed E-state index contributed by atoms with van der Waals surface area (Å²) in [5.41, 5.74) is 3.66. The Kier molecular flexibility index (Phi) is 32.0. The molecule has 0 saturated carbocycles. The summed E-state index contributed by atoms with van der Waals surface area (Å²) in [7, 11) is 0. The number of hydrogen-bond acceptors (Lipinski definition) is 16. The lowest BCUT2D eigenvalue weighted by Crippen LogP contribution is -2.46. The number of esters is 1. The van der Waals surface area contributed by atoms with E-state index in [0.717, 1.165) is 33.6 Å². The van der Waals surface area contributed by atoms with Crippen LogP contribution in [0.2, 0.25) is 0 Å². The van der Waals surface area contributed by atoms with Gasteiger partial charge in [0.05, 0.1) is 98.7 Å². The van der Waals surface area contributed by atoms with Crippen LogP contribution in [0.1, 0.15) is 84.8 Å². The minimum atomic E-state index is -0.578. The Bertz CT molecular complexity index is 1790. The summed E-state index contributed by atoms with van der Waals surface area (Å²) in [6.45, 7) is 17.8. The van der Waals surface area contributed by atoms with E-state index in [-0.39, 0.29) is 109 Å². The largest absolute Gasteiger partial charge is 0.462 e. The molecule has 3 rings (SSSR count). The van der Waals surface area contributed by atoms with Gasteiger partial charge in [-0.1, -0.05) is 55.5 Å². The second-order valence-electron chi connectivity index (χ2n) is 17.9. The molecule has 400 valence electrons. The molecule has 1 aliphatic carbocycles. The summed E-state index contributed by atoms with van der Waals surface area (Å²) in [5, 5.41) is 8.09. The molecule has 0 aliphatic heterocycles. The first-order valence-corrected chi connectivity index (χ1v) is 24.3. The lowest BCUT2D eigenvalue weighted by atomic mass is 9.98. The summed E-state index contributed by atoms with van der Waals surface area (Å²) < 4.78 is 53.6. The maximum Gasteiger partial charge on any atom is 0.407 e. The molecule has 0 atom stereocenters. The van der Waals surface area contributed by atoms with Gasteiger partial charge in [0.1, 0.15) is 30.9 Å². The summed E-state index contributed by atoms with van der Waals surface area (Å²) in [4.78, 5) is 73.8. The van der Waals surface area contributed by atoms with Crippen molar-refractivity contribution in [3.05, 3.63) is 59.7 Å². The van der Waals surface area contributed by atoms with Crippen LogP contribution in [0.5, 0.6) is 0 Å². The van der Waals surface area contributed by atoms with Crippen molar-refractivity contribution >= 4 is 36.3 Å². The monoisotopic (exact) mass is 1000 g/mol. The van der Waals surface area contributed by atoms with Gasteiger partial charge in [0, 0.05) is 32.2 Å². The third kappa shape index (κ3) is 30.3. The molecule has 0 fully saturated rings. The third-order valence-corrected chi connectivity index (χ3v) is 9.59. The Balaban J connectivity index is 0.00000229. The Morgan fingerprint density at radius 2 is 0.972 bits per heavy atom. The first-order valence-electron chi connectivity index (χ1n) is 24.3. The van der Waals surface area contributed by atoms with Crippen LogP contribution >= 0.6 is 0 Å². The van der Waals surface area contributed by atoms with Crippen LogP contribution in [0.25, 0.3) is 11.1 Å². The second kappa shape index (κ2) is 36.7. The Labute approximate surface area is 419 Å². The number of nitrogens with zero attached hydrogens (tertiary/aromatic N) is 1. The highest BCUT2D eigenvalue weighted by Crippen LogP contribution is 2.44. The molecule has 4 amide bonds. The number of carbonyl (C=O) groups excluding carboxylic acids is 6. The van der Waals surface area contributed by atoms with Crippen molar-refractivity contribution < 1.29 is 76.1 Å². The van der Waals surface area contributed by atoms with Gasteiger partial charge in [0.25, 0.3) is 6.47 Å². The van der Waals surface area contributed by atoms with E-state index in [4.69, 9.17) is 42.6 Å². The molecule has 0 radical (unpaired) electrons. The number of rotatable bonds is 36. The van der Waals surface area contributed by atoms with Crippen molar-refractivity contribution in [2.75, 3.05) is 132 Å². The third-order valence-electron chi connectivity index (χ3n) is 9.59. The quantitative estimate of drug-likeness (QED) is 0.0376. The zero-order chi connectivity index (χ0) is 52.2. The maximum atomic E-state index is 13.2. The average molecular weight is 1010 g/mol. The van der Waals surface area contributed by atoms with E-state index in [2.05, 4.69) is 32.8 Å². The highest BCUT2D eigenvalue weighted by atomic mass is 16.6. The molecular weight excluding hydrogens is 925 g/mol. The van der Waals surface area contributed by atoms with E-state index in [9.17, 15) is 28.8 Å². The normalized spacial score (nSPS) is 11.9. The fraction of sp³-hybridized carbons (Fsp3) is 0.647. The lowest BCUT2D eigenvalue weighted by molar-refractivity contribution is -0.156. The minimum absolute atomic E-state index is 0.000298. The van der Waals surface area contributed by atoms with Crippen molar-refractivity contribution in [1.29, 1.82) is 0 Å². The number of fused-ring (bicyclic) bond motifs is 3. The average Bonchev–Trinajstić information content (AvgIpc) is 3.63. The molecule has 20 nitrogen and oxygen atoms in total. The molecule has 1 aliphatic rings. The van der Waals surface area contributed by atoms with E-state index in [1.165, 1.54) is 0 Å². The van der Waals surface area contributed by atoms with Gasteiger partial charge in [-0.15, -0.1) is 0 Å². The molecule has 2 aromatic carbocycles. The highest BCUT2D eigenvalue weighted by molar-refractivity contribution is 5.89. The fourth-order valence-electron chi connectivity index (χ4n) is 6.43. The first kappa shape index (κ1) is 61.9. The summed E-state index contributed by atoms with van der Waals surface area (Å²) in [5.74, 6) is -1.78. The van der Waals surface area contributed by atoms with Crippen LogP contribution < -0.4 is 16.0 Å². The standard InChI is InChI=1S/C46H70N4O14.C5H10O2/c1-5-19-56-25-29-61-31-27-59-22-16-47-41(51)33-50(34-42(52)48-17-23-60-28-32-62-30-26-58-21-15-44(54)64-46(2,3)4)43(53)14-20-57-24-18-49-45(55)63-35-40-38-12-8-6-10-36(38)37-11-7-9-13-39(37)40;1-5(2,3)7-4-6/h6-13,40H,5,14-35H2,1-4H3,(H,47,51)(H,48,52)(H,49,55);4H,1-3H3. The SMILES string of the molecule is CC(C)(C)OC=O.CCCOCCOCCOCCNC(=O)CN(CC(=O)NCCOCCOCCOCCC(=O)OC(C)(C)C)C(=O)CCOCCNC(=O)OCC1c2ccccc2-c2ccccc21. The van der Waals surface area contributed by atoms with Crippen LogP contribution in [0, 0.1) is 0 Å². The van der Waals surface area contributed by atoms with Crippen molar-refractivity contribution in [3.8, 4) is 11.1 Å². The Morgan fingerprint density at radius 1 is 0.549 bits per heavy atom. The number of nitrogens with one attached hydrogen (secondary N) is 3. The number of hydrogen-bond donors (Lipinski definition) is 3. The van der Waals surface area contributed by atoms with Crippen molar-refractivity contribution in [2.45, 2.75) is 84.8 Å². The molecule has 71 heavy (non-hydrogen) atoms. The predicted molar refractivity (Wildman–Crippen MR) is 264 cm³/mol. The van der Waals surface area contributed by atoms with Crippen molar-refractivity contribution in [2.24, 2.45) is 0 Å². The van der Waals surface area contributed by atoms with Crippen molar-refractivity contribution in [3.63, 3.8) is 0 Å². The predicted octanol–water partition coefficient (Wildman–Crippen LogP) is 4.19. The van der Waals surface area contributed by atoms with Crippen molar-refractivity contribution in [1.82, 2.24) is 20.9 Å². The molecule has 2 aromatic rings. The zero-order valence-electron chi connectivity index (χ0n) is 43.0. The Hall–Kier alpha value is -5.22. The van der Waals surface area contributed by atoms with E-state index < -0.39 is 29.4 Å². The summed E-state index contributed by atoms with van der Waals surface area (Å²) >= 11 is 0. The number of ether oxygens (including phenoxy) is 10. The van der Waals surface area contributed by atoms with E-state index in [0.29, 0.717) is 59.3 Å². The van der Waals surface area contributed by atoms with E-state index >= 15 is 0 Å². The van der Waals surface area contributed by atoms with Gasteiger partial charge in [-0.2, -0.15) is 0 Å². The van der Waals surface area contributed by atoms with Gasteiger partial charge in [-0.05, 0) is 70.2 Å². The maximum absolute atomic E-state index is 13.2. The fourth-order valence-corrected chi connectivity index (χ4v) is 6.43. The van der Waals surface area contributed by atoms with E-state index in [1.807, 2.05) is 84.9 Å². The van der Waals surface area contributed by atoms with Gasteiger partial charge >= 0.3 is 12.1 Å². The Morgan fingerprint density at radius 3 is 1.42 bits per heavy atom. The van der Waals surface area contributed by atoms with Crippen LogP contribution in [-0.4, -0.2) is 184 Å². The highest BCUT2D eigenvalue weighted by Gasteiger charge is 2.29. The van der Waals surface area contributed by atoms with Gasteiger partial charge in [-0.3, -0.25) is 24.0 Å². The molecule has 0 saturated heterocycles. The number of amides is 4. The van der Waals surface area contributed by atoms with Crippen LogP contribution in [0.3, 0.4) is 0 Å². The summed E-state index contributed by atoms with van der Waals surface area (Å²) in [6, 6.07) is 16.2. The topological polar surface area (TPSA) is 234 Å². The number of alkyl carbamates (subject to hydrolysis) is 1. The van der Waals surface area contributed by atoms with Gasteiger partial charge in [0.2, 0.25) is 17.7 Å². The molecule has 20 heteroatoms. The molecule has 3 N–H and O–H groups in total. The zero-order valence-corrected chi connectivity index (χ0v) is 43.0. The van der Waals surface area contributed by atoms with Gasteiger partial charge < -0.3 is 68.2 Å². The molecule has 0 heterocycles. The van der Waals surface area contributed by atoms with E-state index in [1.54, 1.807) is 0 Å². The molecular formula is C51H80N4O16. The number of benzene rings is 2. The molecule has 0 aromatic heterocycles. The first-order chi connectivity index (χ1) is 34.0. The number of carbonyl (C=O) groups is 6. The molecule has 0 spiro atoms. The second-order valence-corrected chi connectivity index (χ2v) is 17.9. The van der Waals surface area contributed by atoms with Crippen LogP contribution in [-0.2, 0) is 71.3 Å². The van der Waals surface area contributed by atoms with Crippen LogP contribution in [0.15, 0.2) is 48.5 Å². The molecule has 0 unspecified atom stereocenters. The van der Waals surface area contributed by atoms with Gasteiger partial charge in [-0.25, -0.2) is 4.79 Å². The van der Waals surface area contributed by atoms with Gasteiger partial charge in [0.15, 0.2) is 0 Å². The minimum Gasteiger partial charge on any atom is -0.462 e. The smallest absolute Gasteiger partial charge is 0.407 e. The van der Waals surface area contributed by atoms with Crippen LogP contribution in [0.4, 0.5) is 4.79 Å². The summed E-state index contributed by atoms with van der Waals surface area (Å²) in [6.07, 6.45) is 0.430.